The molecule has 0 aliphatic carbocycles. The number of nitrogens with one attached hydrogen (secondary N) is 3. The molecule has 7 nitrogen and oxygen atoms in total. The molecule has 3 heterocycles. The third-order valence-corrected chi connectivity index (χ3v) is 5.06. The first-order valence-electron chi connectivity index (χ1n) is 8.74. The number of amides is 1. The van der Waals surface area contributed by atoms with Crippen LogP contribution < -0.4 is 21.1 Å². The Kier molecular flexibility index (Phi) is 5.22. The van der Waals surface area contributed by atoms with Gasteiger partial charge >= 0.3 is 6.09 Å². The van der Waals surface area contributed by atoms with Crippen LogP contribution in [-0.2, 0) is 0 Å². The van der Waals surface area contributed by atoms with Crippen LogP contribution in [-0.4, -0.2) is 22.6 Å². The number of aromatic amines is 1. The molecule has 1 aromatic carbocycles. The highest BCUT2D eigenvalue weighted by Crippen LogP contribution is 2.35. The third kappa shape index (κ3) is 3.83. The lowest BCUT2D eigenvalue weighted by Gasteiger charge is -2.17. The van der Waals surface area contributed by atoms with E-state index < -0.39 is 6.09 Å². The Bertz CT molecular complexity index is 1080. The lowest BCUT2D eigenvalue weighted by molar-refractivity contribution is 0.198. The molecule has 142 valence electrons. The maximum absolute atomic E-state index is 12.4. The predicted molar refractivity (Wildman–Crippen MR) is 111 cm³/mol. The zero-order chi connectivity index (χ0) is 19.3. The van der Waals surface area contributed by atoms with Crippen molar-refractivity contribution in [1.82, 2.24) is 15.3 Å². The molecule has 0 fully saturated rings. The molecule has 3 aromatic heterocycles. The Morgan fingerprint density at radius 3 is 2.86 bits per heavy atom. The minimum atomic E-state index is -0.550. The minimum absolute atomic E-state index is 0.275. The summed E-state index contributed by atoms with van der Waals surface area (Å²) in [6, 6.07) is 14.9. The van der Waals surface area contributed by atoms with Gasteiger partial charge in [-0.3, -0.25) is 0 Å². The summed E-state index contributed by atoms with van der Waals surface area (Å²) >= 11 is 1.33. The number of aromatic nitrogens is 2. The Balaban J connectivity index is 1.47. The molecule has 0 radical (unpaired) electrons. The van der Waals surface area contributed by atoms with Crippen molar-refractivity contribution in [3.05, 3.63) is 71.9 Å². The number of hydrogen-bond acceptors (Lipinski definition) is 6. The predicted octanol–water partition coefficient (Wildman–Crippen LogP) is 4.16. The smallest absolute Gasteiger partial charge is 0.397 e. The summed E-state index contributed by atoms with van der Waals surface area (Å²) in [5, 5.41) is 9.41. The molecule has 0 bridgehead atoms. The van der Waals surface area contributed by atoms with Gasteiger partial charge in [0, 0.05) is 24.3 Å². The number of rotatable bonds is 6. The van der Waals surface area contributed by atoms with Crippen LogP contribution in [0.15, 0.2) is 66.3 Å². The van der Waals surface area contributed by atoms with Crippen molar-refractivity contribution in [2.24, 2.45) is 5.73 Å². The Morgan fingerprint density at radius 1 is 1.18 bits per heavy atom. The SMILES string of the molecule is NCC(NC(=O)Oc1sccc1Nc1ccnc2[nH]ccc12)c1ccccc1. The van der Waals surface area contributed by atoms with Crippen molar-refractivity contribution < 1.29 is 9.53 Å². The molecule has 4 rings (SSSR count). The molecule has 0 aliphatic heterocycles. The largest absolute Gasteiger partial charge is 0.414 e. The van der Waals surface area contributed by atoms with Crippen LogP contribution in [0, 0.1) is 0 Å². The molecule has 0 saturated carbocycles. The van der Waals surface area contributed by atoms with Gasteiger partial charge in [0.2, 0.25) is 5.06 Å². The zero-order valence-corrected chi connectivity index (χ0v) is 15.7. The first-order valence-corrected chi connectivity index (χ1v) is 9.62. The van der Waals surface area contributed by atoms with Gasteiger partial charge in [0.15, 0.2) is 0 Å². The van der Waals surface area contributed by atoms with E-state index >= 15 is 0 Å². The number of thiophene rings is 1. The molecule has 28 heavy (non-hydrogen) atoms. The molecular weight excluding hydrogens is 374 g/mol. The minimum Gasteiger partial charge on any atom is -0.397 e. The van der Waals surface area contributed by atoms with Crippen molar-refractivity contribution >= 4 is 39.8 Å². The van der Waals surface area contributed by atoms with E-state index in [1.807, 2.05) is 60.1 Å². The van der Waals surface area contributed by atoms with Gasteiger partial charge < -0.3 is 26.1 Å². The van der Waals surface area contributed by atoms with E-state index in [1.54, 1.807) is 6.20 Å². The molecule has 1 unspecified atom stereocenters. The average molecular weight is 393 g/mol. The molecule has 0 saturated heterocycles. The fraction of sp³-hybridized carbons (Fsp3) is 0.100. The van der Waals surface area contributed by atoms with Crippen LogP contribution in [0.3, 0.4) is 0 Å². The Morgan fingerprint density at radius 2 is 2.04 bits per heavy atom. The normalized spacial score (nSPS) is 11.9. The van der Waals surface area contributed by atoms with Crippen molar-refractivity contribution in [2.75, 3.05) is 11.9 Å². The molecular formula is C20H19N5O2S. The molecule has 8 heteroatoms. The van der Waals surface area contributed by atoms with Gasteiger partial charge in [-0.05, 0) is 29.1 Å². The Hall–Kier alpha value is -3.36. The van der Waals surface area contributed by atoms with Gasteiger partial charge in [0.05, 0.1) is 17.4 Å². The van der Waals surface area contributed by atoms with Crippen molar-refractivity contribution in [3.63, 3.8) is 0 Å². The molecule has 5 N–H and O–H groups in total. The second-order valence-electron chi connectivity index (χ2n) is 6.08. The van der Waals surface area contributed by atoms with Crippen LogP contribution >= 0.6 is 11.3 Å². The number of ether oxygens (including phenoxy) is 1. The van der Waals surface area contributed by atoms with E-state index in [9.17, 15) is 4.79 Å². The van der Waals surface area contributed by atoms with Crippen LogP contribution in [0.1, 0.15) is 11.6 Å². The van der Waals surface area contributed by atoms with Gasteiger partial charge in [-0.1, -0.05) is 30.3 Å². The molecule has 4 aromatic rings. The van der Waals surface area contributed by atoms with Gasteiger partial charge in [0.1, 0.15) is 5.65 Å². The number of nitrogens with zero attached hydrogens (tertiary/aromatic N) is 1. The number of pyridine rings is 1. The number of nitrogens with two attached hydrogens (primary N) is 1. The third-order valence-electron chi connectivity index (χ3n) is 4.27. The highest BCUT2D eigenvalue weighted by molar-refractivity contribution is 7.12. The monoisotopic (exact) mass is 393 g/mol. The van der Waals surface area contributed by atoms with Gasteiger partial charge in [-0.15, -0.1) is 11.3 Å². The van der Waals surface area contributed by atoms with E-state index in [2.05, 4.69) is 20.6 Å². The highest BCUT2D eigenvalue weighted by Gasteiger charge is 2.17. The fourth-order valence-electron chi connectivity index (χ4n) is 2.90. The van der Waals surface area contributed by atoms with Crippen molar-refractivity contribution in [1.29, 1.82) is 0 Å². The molecule has 1 amide bonds. The van der Waals surface area contributed by atoms with E-state index in [0.717, 1.165) is 22.3 Å². The van der Waals surface area contributed by atoms with E-state index in [-0.39, 0.29) is 12.6 Å². The summed E-state index contributed by atoms with van der Waals surface area (Å²) in [4.78, 5) is 19.8. The van der Waals surface area contributed by atoms with E-state index in [4.69, 9.17) is 10.5 Å². The standard InChI is InChI=1S/C20H19N5O2S/c21-12-17(13-4-2-1-3-5-13)25-20(26)27-19-16(8-11-28-19)24-15-7-10-23-18-14(15)6-9-22-18/h1-11,17H,12,21H2,(H,25,26)(H2,22,23,24). The molecule has 0 spiro atoms. The quantitative estimate of drug-likeness (QED) is 0.394. The van der Waals surface area contributed by atoms with Gasteiger partial charge in [-0.2, -0.15) is 0 Å². The average Bonchev–Trinajstić information content (AvgIpc) is 3.37. The first kappa shape index (κ1) is 18.0. The first-order chi connectivity index (χ1) is 13.7. The van der Waals surface area contributed by atoms with Crippen LogP contribution in [0.5, 0.6) is 5.06 Å². The summed E-state index contributed by atoms with van der Waals surface area (Å²) in [6.07, 6.45) is 3.00. The highest BCUT2D eigenvalue weighted by atomic mass is 32.1. The maximum atomic E-state index is 12.4. The summed E-state index contributed by atoms with van der Waals surface area (Å²) in [5.41, 5.74) is 9.11. The van der Waals surface area contributed by atoms with Crippen molar-refractivity contribution in [2.45, 2.75) is 6.04 Å². The fourth-order valence-corrected chi connectivity index (χ4v) is 3.60. The van der Waals surface area contributed by atoms with E-state index in [1.165, 1.54) is 11.3 Å². The maximum Gasteiger partial charge on any atom is 0.414 e. The van der Waals surface area contributed by atoms with Gasteiger partial charge in [-0.25, -0.2) is 9.78 Å². The summed E-state index contributed by atoms with van der Waals surface area (Å²) in [7, 11) is 0. The number of hydrogen-bond donors (Lipinski definition) is 4. The number of carbonyl (C=O) groups excluding carboxylic acids is 1. The number of anilines is 2. The summed E-state index contributed by atoms with van der Waals surface area (Å²) < 4.78 is 5.53. The Labute approximate surface area is 165 Å². The molecule has 1 atom stereocenters. The van der Waals surface area contributed by atoms with E-state index in [0.29, 0.717) is 10.8 Å². The molecule has 0 aliphatic rings. The van der Waals surface area contributed by atoms with Crippen LogP contribution in [0.2, 0.25) is 0 Å². The second-order valence-corrected chi connectivity index (χ2v) is 6.96. The number of carbonyl (C=O) groups is 1. The number of benzene rings is 1. The number of fused-ring (bicyclic) bond motifs is 1. The second kappa shape index (κ2) is 8.12. The lowest BCUT2D eigenvalue weighted by Crippen LogP contribution is -2.35. The summed E-state index contributed by atoms with van der Waals surface area (Å²) in [5.74, 6) is 0. The van der Waals surface area contributed by atoms with Crippen LogP contribution in [0.25, 0.3) is 11.0 Å². The van der Waals surface area contributed by atoms with Gasteiger partial charge in [0.25, 0.3) is 0 Å². The lowest BCUT2D eigenvalue weighted by atomic mass is 10.1. The zero-order valence-electron chi connectivity index (χ0n) is 14.9. The number of H-pyrrole nitrogens is 1. The van der Waals surface area contributed by atoms with Crippen molar-refractivity contribution in [3.8, 4) is 5.06 Å². The van der Waals surface area contributed by atoms with Crippen LogP contribution in [0.4, 0.5) is 16.2 Å². The topological polar surface area (TPSA) is 105 Å². The summed E-state index contributed by atoms with van der Waals surface area (Å²) in [6.45, 7) is 0.275.